The third kappa shape index (κ3) is 6.77. The normalized spacial score (nSPS) is 11.2. The van der Waals surface area contributed by atoms with E-state index in [-0.39, 0.29) is 17.4 Å². The third-order valence-electron chi connectivity index (χ3n) is 3.68. The van der Waals surface area contributed by atoms with Crippen LogP contribution in [0.3, 0.4) is 0 Å². The fraction of sp³-hybridized carbons (Fsp3) is 0.263. The Morgan fingerprint density at radius 3 is 2.28 bits per heavy atom. The Morgan fingerprint density at radius 2 is 1.66 bits per heavy atom. The number of ether oxygens (including phenoxy) is 1. The molecule has 0 atom stereocenters. The Morgan fingerprint density at radius 1 is 1.00 bits per heavy atom. The predicted molar refractivity (Wildman–Crippen MR) is 115 cm³/mol. The molecular weight excluding hydrogens is 414 g/mol. The van der Waals surface area contributed by atoms with Crippen LogP contribution in [-0.2, 0) is 19.6 Å². The van der Waals surface area contributed by atoms with Gasteiger partial charge in [-0.15, -0.1) is 0 Å². The quantitative estimate of drug-likeness (QED) is 0.624. The molecule has 8 nitrogen and oxygen atoms in total. The maximum Gasteiger partial charge on any atom is 0.262 e. The van der Waals surface area contributed by atoms with Crippen molar-refractivity contribution >= 4 is 45.0 Å². The van der Waals surface area contributed by atoms with Crippen molar-refractivity contribution in [1.82, 2.24) is 4.31 Å². The van der Waals surface area contributed by atoms with E-state index in [1.165, 1.54) is 38.0 Å². The molecule has 10 heteroatoms. The van der Waals surface area contributed by atoms with Crippen LogP contribution >= 0.6 is 11.8 Å². The van der Waals surface area contributed by atoms with E-state index in [1.807, 2.05) is 6.26 Å². The van der Waals surface area contributed by atoms with Crippen molar-refractivity contribution < 1.29 is 22.7 Å². The number of carbonyl (C=O) groups is 2. The number of sulfonamides is 1. The zero-order valence-electron chi connectivity index (χ0n) is 16.3. The number of hydrogen-bond donors (Lipinski definition) is 2. The van der Waals surface area contributed by atoms with E-state index >= 15 is 0 Å². The minimum atomic E-state index is -3.59. The molecule has 2 N–H and O–H groups in total. The molecule has 2 rings (SSSR count). The summed E-state index contributed by atoms with van der Waals surface area (Å²) in [4.78, 5) is 23.7. The molecular formula is C19H23N3O5S2. The summed E-state index contributed by atoms with van der Waals surface area (Å²) in [7, 11) is -0.711. The minimum Gasteiger partial charge on any atom is -0.484 e. The average Bonchev–Trinajstić information content (AvgIpc) is 2.67. The van der Waals surface area contributed by atoms with Crippen molar-refractivity contribution in [3.05, 3.63) is 48.5 Å². The molecule has 0 aliphatic heterocycles. The van der Waals surface area contributed by atoms with Gasteiger partial charge in [0.05, 0.1) is 10.6 Å². The van der Waals surface area contributed by atoms with Crippen molar-refractivity contribution in [3.63, 3.8) is 0 Å². The standard InChI is InChI=1S/C19H23N3O5S2/c1-22(2)29(25,26)17-6-4-5-15(11-17)21-18(23)12-27-16-9-7-14(8-10-16)20-19(24)13-28-3/h4-11H,12-13H2,1-3H3,(H,20,24)(H,21,23). The van der Waals surface area contributed by atoms with E-state index in [0.717, 1.165) is 4.31 Å². The summed E-state index contributed by atoms with van der Waals surface area (Å²) in [6.07, 6.45) is 1.85. The number of nitrogens with zero attached hydrogens (tertiary/aromatic N) is 1. The molecule has 0 fully saturated rings. The first-order chi connectivity index (χ1) is 13.7. The van der Waals surface area contributed by atoms with Crippen LogP contribution in [0.25, 0.3) is 0 Å². The lowest BCUT2D eigenvalue weighted by Gasteiger charge is -2.13. The van der Waals surface area contributed by atoms with Gasteiger partial charge in [0.2, 0.25) is 15.9 Å². The van der Waals surface area contributed by atoms with Gasteiger partial charge in [-0.2, -0.15) is 11.8 Å². The van der Waals surface area contributed by atoms with Gasteiger partial charge in [0.1, 0.15) is 5.75 Å². The number of thioether (sulfide) groups is 1. The number of hydrogen-bond acceptors (Lipinski definition) is 6. The number of amides is 2. The molecule has 0 aliphatic rings. The summed E-state index contributed by atoms with van der Waals surface area (Å²) >= 11 is 1.43. The Labute approximate surface area is 174 Å². The lowest BCUT2D eigenvalue weighted by molar-refractivity contribution is -0.118. The second-order valence-corrected chi connectivity index (χ2v) is 9.18. The van der Waals surface area contributed by atoms with Crippen LogP contribution in [0.2, 0.25) is 0 Å². The van der Waals surface area contributed by atoms with E-state index in [2.05, 4.69) is 10.6 Å². The van der Waals surface area contributed by atoms with Crippen molar-refractivity contribution in [2.45, 2.75) is 4.90 Å². The van der Waals surface area contributed by atoms with Crippen molar-refractivity contribution in [3.8, 4) is 5.75 Å². The van der Waals surface area contributed by atoms with Gasteiger partial charge in [0.15, 0.2) is 6.61 Å². The molecule has 0 aromatic heterocycles. The van der Waals surface area contributed by atoms with E-state index in [9.17, 15) is 18.0 Å². The molecule has 0 aliphatic carbocycles. The Hall–Kier alpha value is -2.56. The van der Waals surface area contributed by atoms with E-state index in [1.54, 1.807) is 36.4 Å². The number of carbonyl (C=O) groups excluding carboxylic acids is 2. The van der Waals surface area contributed by atoms with Gasteiger partial charge >= 0.3 is 0 Å². The summed E-state index contributed by atoms with van der Waals surface area (Å²) in [6.45, 7) is -0.247. The highest BCUT2D eigenvalue weighted by Crippen LogP contribution is 2.19. The van der Waals surface area contributed by atoms with E-state index in [4.69, 9.17) is 4.74 Å². The zero-order valence-corrected chi connectivity index (χ0v) is 18.0. The smallest absolute Gasteiger partial charge is 0.262 e. The summed E-state index contributed by atoms with van der Waals surface area (Å²) in [5.41, 5.74) is 0.994. The molecule has 156 valence electrons. The van der Waals surface area contributed by atoms with Gasteiger partial charge in [0, 0.05) is 25.5 Å². The second kappa shape index (κ2) is 10.3. The minimum absolute atomic E-state index is 0.0836. The number of benzene rings is 2. The predicted octanol–water partition coefficient (Wildman–Crippen LogP) is 2.26. The topological polar surface area (TPSA) is 105 Å². The van der Waals surface area contributed by atoms with Gasteiger partial charge in [-0.3, -0.25) is 9.59 Å². The zero-order chi connectivity index (χ0) is 21.4. The number of anilines is 2. The van der Waals surface area contributed by atoms with Crippen LogP contribution < -0.4 is 15.4 Å². The number of rotatable bonds is 9. The molecule has 0 radical (unpaired) electrons. The second-order valence-electron chi connectivity index (χ2n) is 6.16. The molecule has 2 amide bonds. The molecule has 0 unspecified atom stereocenters. The Bertz CT molecular complexity index is 960. The highest BCUT2D eigenvalue weighted by atomic mass is 32.2. The summed E-state index contributed by atoms with van der Waals surface area (Å²) in [5, 5.41) is 5.35. The van der Waals surface area contributed by atoms with Crippen LogP contribution in [0.15, 0.2) is 53.4 Å². The lowest BCUT2D eigenvalue weighted by Crippen LogP contribution is -2.23. The molecule has 2 aromatic carbocycles. The Kier molecular flexibility index (Phi) is 8.06. The monoisotopic (exact) mass is 437 g/mol. The van der Waals surface area contributed by atoms with Gasteiger partial charge < -0.3 is 15.4 Å². The van der Waals surface area contributed by atoms with Crippen molar-refractivity contribution in [2.75, 3.05) is 43.3 Å². The van der Waals surface area contributed by atoms with E-state index < -0.39 is 15.9 Å². The average molecular weight is 438 g/mol. The summed E-state index contributed by atoms with van der Waals surface area (Å²) in [5.74, 6) is 0.313. The first kappa shape index (κ1) is 22.7. The van der Waals surface area contributed by atoms with Crippen LogP contribution in [0.5, 0.6) is 5.75 Å². The highest BCUT2D eigenvalue weighted by molar-refractivity contribution is 7.99. The highest BCUT2D eigenvalue weighted by Gasteiger charge is 2.17. The molecule has 29 heavy (non-hydrogen) atoms. The fourth-order valence-electron chi connectivity index (χ4n) is 2.25. The van der Waals surface area contributed by atoms with Crippen molar-refractivity contribution in [1.29, 1.82) is 0 Å². The van der Waals surface area contributed by atoms with Crippen LogP contribution in [0.1, 0.15) is 0 Å². The SMILES string of the molecule is CSCC(=O)Nc1ccc(OCC(=O)Nc2cccc(S(=O)(=O)N(C)C)c2)cc1. The first-order valence-electron chi connectivity index (χ1n) is 8.56. The number of nitrogens with one attached hydrogen (secondary N) is 2. The van der Waals surface area contributed by atoms with Crippen LogP contribution in [0, 0.1) is 0 Å². The molecule has 0 bridgehead atoms. The molecule has 0 saturated carbocycles. The fourth-order valence-corrected chi connectivity index (χ4v) is 3.54. The Balaban J connectivity index is 1.91. The van der Waals surface area contributed by atoms with Crippen LogP contribution in [-0.4, -0.2) is 57.2 Å². The van der Waals surface area contributed by atoms with Crippen LogP contribution in [0.4, 0.5) is 11.4 Å². The summed E-state index contributed by atoms with van der Waals surface area (Å²) < 4.78 is 30.9. The molecule has 2 aromatic rings. The van der Waals surface area contributed by atoms with Gasteiger partial charge in [-0.05, 0) is 48.7 Å². The molecule has 0 saturated heterocycles. The molecule has 0 spiro atoms. The first-order valence-corrected chi connectivity index (χ1v) is 11.4. The molecule has 0 heterocycles. The lowest BCUT2D eigenvalue weighted by atomic mass is 10.3. The van der Waals surface area contributed by atoms with E-state index in [0.29, 0.717) is 22.9 Å². The summed E-state index contributed by atoms with van der Waals surface area (Å²) in [6, 6.07) is 12.6. The van der Waals surface area contributed by atoms with Gasteiger partial charge in [0.25, 0.3) is 5.91 Å². The maximum atomic E-state index is 12.2. The van der Waals surface area contributed by atoms with Crippen molar-refractivity contribution in [2.24, 2.45) is 0 Å². The van der Waals surface area contributed by atoms with Gasteiger partial charge in [-0.25, -0.2) is 12.7 Å². The largest absolute Gasteiger partial charge is 0.484 e. The third-order valence-corrected chi connectivity index (χ3v) is 6.04. The van der Waals surface area contributed by atoms with Gasteiger partial charge in [-0.1, -0.05) is 6.07 Å². The maximum absolute atomic E-state index is 12.2.